The van der Waals surface area contributed by atoms with Gasteiger partial charge in [-0.2, -0.15) is 0 Å². The van der Waals surface area contributed by atoms with Crippen molar-refractivity contribution in [1.82, 2.24) is 0 Å². The predicted octanol–water partition coefficient (Wildman–Crippen LogP) is 4.96. The zero-order valence-corrected chi connectivity index (χ0v) is 14.1. The Bertz CT molecular complexity index is 677. The molecule has 0 heterocycles. The SMILES string of the molecule is COc1ccc2c(Br)ccc(NC(=O)OC(C)(C)C)c2c1. The summed E-state index contributed by atoms with van der Waals surface area (Å²) in [7, 11) is 1.61. The molecule has 0 saturated carbocycles. The second-order valence-corrected chi connectivity index (χ2v) is 6.49. The summed E-state index contributed by atoms with van der Waals surface area (Å²) in [5.74, 6) is 0.729. The second-order valence-electron chi connectivity index (χ2n) is 5.63. The van der Waals surface area contributed by atoms with Crippen LogP contribution in [0.25, 0.3) is 10.8 Å². The summed E-state index contributed by atoms with van der Waals surface area (Å²) in [6, 6.07) is 9.42. The number of benzene rings is 2. The number of fused-ring (bicyclic) bond motifs is 1. The number of hydrogen-bond acceptors (Lipinski definition) is 3. The van der Waals surface area contributed by atoms with Gasteiger partial charge in [-0.15, -0.1) is 0 Å². The first-order chi connectivity index (χ1) is 9.80. The molecule has 0 aromatic heterocycles. The van der Waals surface area contributed by atoms with E-state index in [-0.39, 0.29) is 0 Å². The fraction of sp³-hybridized carbons (Fsp3) is 0.312. The Morgan fingerprint density at radius 3 is 2.48 bits per heavy atom. The topological polar surface area (TPSA) is 47.6 Å². The number of ether oxygens (including phenoxy) is 2. The lowest BCUT2D eigenvalue weighted by atomic mass is 10.1. The fourth-order valence-electron chi connectivity index (χ4n) is 1.94. The van der Waals surface area contributed by atoms with E-state index < -0.39 is 11.7 Å². The fourth-order valence-corrected chi connectivity index (χ4v) is 2.42. The van der Waals surface area contributed by atoms with E-state index in [9.17, 15) is 4.79 Å². The molecule has 5 heteroatoms. The number of carbonyl (C=O) groups is 1. The minimum absolute atomic E-state index is 0.478. The first kappa shape index (κ1) is 15.6. The molecule has 21 heavy (non-hydrogen) atoms. The number of hydrogen-bond donors (Lipinski definition) is 1. The summed E-state index contributed by atoms with van der Waals surface area (Å²) < 4.78 is 11.5. The third kappa shape index (κ3) is 3.88. The molecule has 2 rings (SSSR count). The predicted molar refractivity (Wildman–Crippen MR) is 88.1 cm³/mol. The summed E-state index contributed by atoms with van der Waals surface area (Å²) in [5, 5.41) is 4.66. The Morgan fingerprint density at radius 1 is 1.14 bits per heavy atom. The van der Waals surface area contributed by atoms with Gasteiger partial charge in [0.1, 0.15) is 11.4 Å². The molecule has 1 amide bonds. The van der Waals surface area contributed by atoms with Gasteiger partial charge in [0, 0.05) is 9.86 Å². The third-order valence-corrected chi connectivity index (χ3v) is 3.50. The molecule has 2 aromatic rings. The van der Waals surface area contributed by atoms with E-state index in [2.05, 4.69) is 21.2 Å². The average Bonchev–Trinajstić information content (AvgIpc) is 2.39. The number of nitrogens with one attached hydrogen (secondary N) is 1. The van der Waals surface area contributed by atoms with Gasteiger partial charge in [0.25, 0.3) is 0 Å². The Balaban J connectivity index is 2.39. The van der Waals surface area contributed by atoms with Crippen LogP contribution in [0.5, 0.6) is 5.75 Å². The van der Waals surface area contributed by atoms with Gasteiger partial charge in [0.05, 0.1) is 12.8 Å². The summed E-state index contributed by atoms with van der Waals surface area (Å²) in [6.07, 6.45) is -0.478. The highest BCUT2D eigenvalue weighted by atomic mass is 79.9. The summed E-state index contributed by atoms with van der Waals surface area (Å²) in [6.45, 7) is 5.49. The van der Waals surface area contributed by atoms with Gasteiger partial charge in [-0.1, -0.05) is 15.9 Å². The van der Waals surface area contributed by atoms with Crippen molar-refractivity contribution in [1.29, 1.82) is 0 Å². The number of rotatable bonds is 2. The molecule has 0 atom stereocenters. The van der Waals surface area contributed by atoms with Gasteiger partial charge in [0.15, 0.2) is 0 Å². The van der Waals surface area contributed by atoms with Gasteiger partial charge in [-0.25, -0.2) is 4.79 Å². The van der Waals surface area contributed by atoms with Crippen LogP contribution in [0.15, 0.2) is 34.8 Å². The van der Waals surface area contributed by atoms with E-state index in [1.54, 1.807) is 7.11 Å². The lowest BCUT2D eigenvalue weighted by molar-refractivity contribution is 0.0636. The van der Waals surface area contributed by atoms with Crippen molar-refractivity contribution >= 4 is 38.5 Å². The average molecular weight is 352 g/mol. The standard InChI is InChI=1S/C16H18BrNO3/c1-16(2,3)21-15(19)18-14-8-7-13(17)11-6-5-10(20-4)9-12(11)14/h5-9H,1-4H3,(H,18,19). The van der Waals surface area contributed by atoms with Crippen molar-refractivity contribution in [2.75, 3.05) is 12.4 Å². The minimum Gasteiger partial charge on any atom is -0.497 e. The maximum absolute atomic E-state index is 11.9. The van der Waals surface area contributed by atoms with Crippen LogP contribution in [0.1, 0.15) is 20.8 Å². The van der Waals surface area contributed by atoms with E-state index in [1.807, 2.05) is 51.1 Å². The van der Waals surface area contributed by atoms with Crippen LogP contribution >= 0.6 is 15.9 Å². The first-order valence-corrected chi connectivity index (χ1v) is 7.36. The summed E-state index contributed by atoms with van der Waals surface area (Å²) >= 11 is 3.51. The molecule has 0 spiro atoms. The van der Waals surface area contributed by atoms with Crippen molar-refractivity contribution in [2.24, 2.45) is 0 Å². The van der Waals surface area contributed by atoms with Crippen molar-refractivity contribution in [3.63, 3.8) is 0 Å². The minimum atomic E-state index is -0.535. The first-order valence-electron chi connectivity index (χ1n) is 6.56. The molecule has 4 nitrogen and oxygen atoms in total. The highest BCUT2D eigenvalue weighted by molar-refractivity contribution is 9.10. The lowest BCUT2D eigenvalue weighted by Crippen LogP contribution is -2.27. The van der Waals surface area contributed by atoms with Crippen LogP contribution in [-0.2, 0) is 4.74 Å². The molecule has 0 saturated heterocycles. The monoisotopic (exact) mass is 351 g/mol. The molecule has 1 N–H and O–H groups in total. The van der Waals surface area contributed by atoms with E-state index >= 15 is 0 Å². The number of carbonyl (C=O) groups excluding carboxylic acids is 1. The van der Waals surface area contributed by atoms with Crippen molar-refractivity contribution in [3.05, 3.63) is 34.8 Å². The van der Waals surface area contributed by atoms with E-state index in [0.717, 1.165) is 21.0 Å². The molecule has 0 aliphatic carbocycles. The zero-order chi connectivity index (χ0) is 15.6. The van der Waals surface area contributed by atoms with Crippen LogP contribution in [-0.4, -0.2) is 18.8 Å². The van der Waals surface area contributed by atoms with Gasteiger partial charge in [-0.05, 0) is 56.5 Å². The molecule has 2 aromatic carbocycles. The van der Waals surface area contributed by atoms with Gasteiger partial charge in [0.2, 0.25) is 0 Å². The molecule has 0 bridgehead atoms. The molecule has 112 valence electrons. The summed E-state index contributed by atoms with van der Waals surface area (Å²) in [5.41, 5.74) is 0.147. The highest BCUT2D eigenvalue weighted by Gasteiger charge is 2.17. The molecule has 0 aliphatic rings. The van der Waals surface area contributed by atoms with Crippen LogP contribution in [0.2, 0.25) is 0 Å². The van der Waals surface area contributed by atoms with Crippen molar-refractivity contribution in [2.45, 2.75) is 26.4 Å². The lowest BCUT2D eigenvalue weighted by Gasteiger charge is -2.20. The number of halogens is 1. The molecular weight excluding hydrogens is 334 g/mol. The maximum Gasteiger partial charge on any atom is 0.412 e. The van der Waals surface area contributed by atoms with E-state index in [1.165, 1.54) is 0 Å². The Kier molecular flexibility index (Phi) is 4.42. The number of anilines is 1. The molecule has 0 radical (unpaired) electrons. The largest absolute Gasteiger partial charge is 0.497 e. The second kappa shape index (κ2) is 5.93. The Labute approximate surface area is 132 Å². The van der Waals surface area contributed by atoms with E-state index in [0.29, 0.717) is 5.69 Å². The van der Waals surface area contributed by atoms with Crippen LogP contribution < -0.4 is 10.1 Å². The summed E-state index contributed by atoms with van der Waals surface area (Å²) in [4.78, 5) is 11.9. The van der Waals surface area contributed by atoms with Crippen LogP contribution in [0.4, 0.5) is 10.5 Å². The van der Waals surface area contributed by atoms with Crippen LogP contribution in [0, 0.1) is 0 Å². The Morgan fingerprint density at radius 2 is 1.86 bits per heavy atom. The maximum atomic E-state index is 11.9. The molecular formula is C16H18BrNO3. The van der Waals surface area contributed by atoms with E-state index in [4.69, 9.17) is 9.47 Å². The Hall–Kier alpha value is -1.75. The molecule has 0 aliphatic heterocycles. The smallest absolute Gasteiger partial charge is 0.412 e. The highest BCUT2D eigenvalue weighted by Crippen LogP contribution is 2.33. The quantitative estimate of drug-likeness (QED) is 0.831. The number of amides is 1. The molecule has 0 fully saturated rings. The van der Waals surface area contributed by atoms with Crippen molar-refractivity contribution < 1.29 is 14.3 Å². The zero-order valence-electron chi connectivity index (χ0n) is 12.5. The van der Waals surface area contributed by atoms with Crippen molar-refractivity contribution in [3.8, 4) is 5.75 Å². The van der Waals surface area contributed by atoms with Gasteiger partial charge >= 0.3 is 6.09 Å². The number of methoxy groups -OCH3 is 1. The van der Waals surface area contributed by atoms with Crippen LogP contribution in [0.3, 0.4) is 0 Å². The molecule has 0 unspecified atom stereocenters. The third-order valence-electron chi connectivity index (χ3n) is 2.81. The van der Waals surface area contributed by atoms with Gasteiger partial charge in [-0.3, -0.25) is 5.32 Å². The normalized spacial score (nSPS) is 11.3. The van der Waals surface area contributed by atoms with Gasteiger partial charge < -0.3 is 9.47 Å².